The normalized spacial score (nSPS) is 31.2. The van der Waals surface area contributed by atoms with Crippen LogP contribution in [0.4, 0.5) is 0 Å². The number of amides is 1. The van der Waals surface area contributed by atoms with Crippen LogP contribution in [0.2, 0.25) is 0 Å². The average Bonchev–Trinajstić information content (AvgIpc) is 2.68. The highest BCUT2D eigenvalue weighted by Crippen LogP contribution is 2.26. The molecule has 2 atom stereocenters. The first kappa shape index (κ1) is 17.9. The zero-order chi connectivity index (χ0) is 17.8. The van der Waals surface area contributed by atoms with Gasteiger partial charge in [0.2, 0.25) is 5.91 Å². The van der Waals surface area contributed by atoms with Crippen molar-refractivity contribution >= 4 is 29.2 Å². The SMILES string of the molecule is O=C1NC(CSC2CCOCC2)=NC2=CC(=NC3CCCNC3)C=CC12. The maximum Gasteiger partial charge on any atom is 0.238 e. The molecule has 1 aliphatic carbocycles. The highest BCUT2D eigenvalue weighted by Gasteiger charge is 2.29. The molecule has 0 spiro atoms. The van der Waals surface area contributed by atoms with Gasteiger partial charge in [-0.15, -0.1) is 0 Å². The molecule has 0 saturated carbocycles. The molecule has 0 aromatic rings. The molecule has 3 aliphatic heterocycles. The van der Waals surface area contributed by atoms with Crippen molar-refractivity contribution in [1.82, 2.24) is 10.6 Å². The minimum Gasteiger partial charge on any atom is -0.381 e. The van der Waals surface area contributed by atoms with Gasteiger partial charge in [-0.3, -0.25) is 9.79 Å². The van der Waals surface area contributed by atoms with Crippen LogP contribution in [0.25, 0.3) is 0 Å². The second-order valence-corrected chi connectivity index (χ2v) is 8.42. The second-order valence-electron chi connectivity index (χ2n) is 7.13. The molecule has 2 N–H and O–H groups in total. The van der Waals surface area contributed by atoms with Crippen molar-refractivity contribution in [3.63, 3.8) is 0 Å². The summed E-state index contributed by atoms with van der Waals surface area (Å²) in [5.74, 6) is 1.24. The third-order valence-corrected chi connectivity index (χ3v) is 6.50. The number of carbonyl (C=O) groups is 1. The van der Waals surface area contributed by atoms with Gasteiger partial charge in [-0.2, -0.15) is 11.8 Å². The Balaban J connectivity index is 1.43. The molecule has 0 bridgehead atoms. The molecule has 26 heavy (non-hydrogen) atoms. The third kappa shape index (κ3) is 4.45. The van der Waals surface area contributed by atoms with Crippen LogP contribution in [0.5, 0.6) is 0 Å². The lowest BCUT2D eigenvalue weighted by atomic mass is 9.96. The summed E-state index contributed by atoms with van der Waals surface area (Å²) >= 11 is 1.87. The van der Waals surface area contributed by atoms with E-state index in [0.29, 0.717) is 11.3 Å². The molecule has 7 heteroatoms. The van der Waals surface area contributed by atoms with Gasteiger partial charge in [0.15, 0.2) is 0 Å². The van der Waals surface area contributed by atoms with Crippen molar-refractivity contribution in [3.8, 4) is 0 Å². The van der Waals surface area contributed by atoms with Gasteiger partial charge in [-0.1, -0.05) is 6.08 Å². The highest BCUT2D eigenvalue weighted by atomic mass is 32.2. The van der Waals surface area contributed by atoms with Crippen LogP contribution in [-0.4, -0.2) is 60.8 Å². The van der Waals surface area contributed by atoms with Crippen LogP contribution < -0.4 is 10.6 Å². The first-order chi connectivity index (χ1) is 12.8. The first-order valence-corrected chi connectivity index (χ1v) is 10.6. The van der Waals surface area contributed by atoms with E-state index < -0.39 is 0 Å². The maximum absolute atomic E-state index is 12.4. The lowest BCUT2D eigenvalue weighted by molar-refractivity contribution is -0.121. The second kappa shape index (κ2) is 8.50. The fourth-order valence-electron chi connectivity index (χ4n) is 3.65. The first-order valence-electron chi connectivity index (χ1n) is 9.54. The standard InChI is InChI=1S/C19H26N4O2S/c24-19-16-4-3-13(21-14-2-1-7-20-11-14)10-17(16)22-18(23-19)12-26-15-5-8-25-9-6-15/h3-4,10,14-16,20H,1-2,5-9,11-12H2,(H,22,23,24). The predicted molar refractivity (Wildman–Crippen MR) is 106 cm³/mol. The zero-order valence-electron chi connectivity index (χ0n) is 14.9. The predicted octanol–water partition coefficient (Wildman–Crippen LogP) is 1.69. The highest BCUT2D eigenvalue weighted by molar-refractivity contribution is 8.00. The van der Waals surface area contributed by atoms with Gasteiger partial charge in [-0.25, -0.2) is 4.99 Å². The van der Waals surface area contributed by atoms with Crippen LogP contribution in [0, 0.1) is 5.92 Å². The maximum atomic E-state index is 12.4. The Bertz CT molecular complexity index is 658. The van der Waals surface area contributed by atoms with Gasteiger partial charge in [0.1, 0.15) is 5.84 Å². The molecule has 140 valence electrons. The smallest absolute Gasteiger partial charge is 0.238 e. The van der Waals surface area contributed by atoms with Crippen LogP contribution in [0.15, 0.2) is 33.9 Å². The lowest BCUT2D eigenvalue weighted by Crippen LogP contribution is -2.42. The quantitative estimate of drug-likeness (QED) is 0.785. The molecule has 6 nitrogen and oxygen atoms in total. The largest absolute Gasteiger partial charge is 0.381 e. The summed E-state index contributed by atoms with van der Waals surface area (Å²) in [6.07, 6.45) is 10.3. The summed E-state index contributed by atoms with van der Waals surface area (Å²) in [4.78, 5) is 22.0. The van der Waals surface area contributed by atoms with Crippen molar-refractivity contribution in [2.45, 2.75) is 37.0 Å². The van der Waals surface area contributed by atoms with Gasteiger partial charge < -0.3 is 15.4 Å². The number of hydrogen-bond acceptors (Lipinski definition) is 6. The summed E-state index contributed by atoms with van der Waals surface area (Å²) < 4.78 is 5.41. The van der Waals surface area contributed by atoms with E-state index in [2.05, 4.69) is 10.6 Å². The summed E-state index contributed by atoms with van der Waals surface area (Å²) in [6, 6.07) is 0.321. The number of rotatable bonds is 4. The van der Waals surface area contributed by atoms with Gasteiger partial charge >= 0.3 is 0 Å². The van der Waals surface area contributed by atoms with E-state index in [1.807, 2.05) is 30.0 Å². The molecule has 0 aromatic heterocycles. The fourth-order valence-corrected chi connectivity index (χ4v) is 4.71. The molecular weight excluding hydrogens is 348 g/mol. The van der Waals surface area contributed by atoms with E-state index in [1.165, 1.54) is 6.42 Å². The Morgan fingerprint density at radius 1 is 1.31 bits per heavy atom. The molecule has 0 aromatic carbocycles. The van der Waals surface area contributed by atoms with Gasteiger partial charge in [0.05, 0.1) is 29.1 Å². The zero-order valence-corrected chi connectivity index (χ0v) is 15.8. The monoisotopic (exact) mass is 374 g/mol. The summed E-state index contributed by atoms with van der Waals surface area (Å²) in [5.41, 5.74) is 1.75. The molecule has 0 radical (unpaired) electrons. The van der Waals surface area contributed by atoms with E-state index >= 15 is 0 Å². The lowest BCUT2D eigenvalue weighted by Gasteiger charge is -2.26. The number of piperidine rings is 1. The summed E-state index contributed by atoms with van der Waals surface area (Å²) in [7, 11) is 0. The Hall–Kier alpha value is -1.44. The number of amidine groups is 1. The molecule has 3 heterocycles. The Kier molecular flexibility index (Phi) is 5.87. The summed E-state index contributed by atoms with van der Waals surface area (Å²) in [6.45, 7) is 3.69. The molecule has 2 fully saturated rings. The molecule has 4 rings (SSSR count). The van der Waals surface area contributed by atoms with Crippen LogP contribution >= 0.6 is 11.8 Å². The topological polar surface area (TPSA) is 75.1 Å². The fraction of sp³-hybridized carbons (Fsp3) is 0.632. The van der Waals surface area contributed by atoms with E-state index in [4.69, 9.17) is 14.7 Å². The number of allylic oxidation sites excluding steroid dienone is 2. The Labute approximate surface area is 158 Å². The van der Waals surface area contributed by atoms with Gasteiger partial charge in [0.25, 0.3) is 0 Å². The van der Waals surface area contributed by atoms with Crippen molar-refractivity contribution in [2.75, 3.05) is 32.1 Å². The Morgan fingerprint density at radius 2 is 2.19 bits per heavy atom. The molecule has 4 aliphatic rings. The number of nitrogens with one attached hydrogen (secondary N) is 2. The third-order valence-electron chi connectivity index (χ3n) is 5.11. The van der Waals surface area contributed by atoms with Crippen molar-refractivity contribution in [2.24, 2.45) is 15.9 Å². The average molecular weight is 375 g/mol. The number of thioether (sulfide) groups is 1. The minimum atomic E-state index is -0.282. The number of aliphatic imine (C=N–C) groups is 2. The van der Waals surface area contributed by atoms with Crippen LogP contribution in [-0.2, 0) is 9.53 Å². The molecule has 2 unspecified atom stereocenters. The number of carbonyl (C=O) groups excluding carboxylic acids is 1. The molecule has 2 saturated heterocycles. The van der Waals surface area contributed by atoms with Crippen molar-refractivity contribution in [3.05, 3.63) is 23.9 Å². The number of hydrogen-bond donors (Lipinski definition) is 2. The minimum absolute atomic E-state index is 0.0171. The van der Waals surface area contributed by atoms with Crippen LogP contribution in [0.3, 0.4) is 0 Å². The number of nitrogens with zero attached hydrogens (tertiary/aromatic N) is 2. The van der Waals surface area contributed by atoms with Crippen molar-refractivity contribution < 1.29 is 9.53 Å². The number of fused-ring (bicyclic) bond motifs is 1. The van der Waals surface area contributed by atoms with E-state index in [-0.39, 0.29) is 11.8 Å². The van der Waals surface area contributed by atoms with E-state index in [1.54, 1.807) is 0 Å². The van der Waals surface area contributed by atoms with Crippen molar-refractivity contribution in [1.29, 1.82) is 0 Å². The Morgan fingerprint density at radius 3 is 3.00 bits per heavy atom. The van der Waals surface area contributed by atoms with E-state index in [9.17, 15) is 4.79 Å². The molecule has 1 amide bonds. The number of ether oxygens (including phenoxy) is 1. The van der Waals surface area contributed by atoms with Gasteiger partial charge in [-0.05, 0) is 44.4 Å². The van der Waals surface area contributed by atoms with Gasteiger partial charge in [0, 0.05) is 25.0 Å². The summed E-state index contributed by atoms with van der Waals surface area (Å²) in [5, 5.41) is 6.95. The van der Waals surface area contributed by atoms with E-state index in [0.717, 1.165) is 68.6 Å². The van der Waals surface area contributed by atoms with Crippen LogP contribution in [0.1, 0.15) is 25.7 Å². The molecular formula is C19H26N4O2S.